The van der Waals surface area contributed by atoms with E-state index >= 15 is 0 Å². The lowest BCUT2D eigenvalue weighted by molar-refractivity contribution is 0.518. The summed E-state index contributed by atoms with van der Waals surface area (Å²) < 4.78 is 6.00. The van der Waals surface area contributed by atoms with Gasteiger partial charge in [-0.05, 0) is 52.3 Å². The molecule has 5 heteroatoms. The Hall–Kier alpha value is -1.65. The first kappa shape index (κ1) is 12.4. The van der Waals surface area contributed by atoms with E-state index in [1.54, 1.807) is 36.4 Å². The summed E-state index contributed by atoms with van der Waals surface area (Å²) in [5, 5.41) is 1.07. The summed E-state index contributed by atoms with van der Waals surface area (Å²) in [6.07, 6.45) is 0. The summed E-state index contributed by atoms with van der Waals surface area (Å²) >= 11 is 9.22. The van der Waals surface area contributed by atoms with Crippen LogP contribution in [0.2, 0.25) is 5.02 Å². The van der Waals surface area contributed by atoms with Crippen LogP contribution in [0.1, 0.15) is 0 Å². The minimum Gasteiger partial charge on any atom is -0.403 e. The average Bonchev–Trinajstić information content (AvgIpc) is 2.41. The van der Waals surface area contributed by atoms with Crippen LogP contribution in [0.25, 0.3) is 22.4 Å². The Labute approximate surface area is 122 Å². The molecule has 0 bridgehead atoms. The first-order valence-corrected chi connectivity index (χ1v) is 6.67. The van der Waals surface area contributed by atoms with Crippen molar-refractivity contribution in [2.75, 3.05) is 0 Å². The van der Waals surface area contributed by atoms with Gasteiger partial charge < -0.3 is 4.42 Å². The second-order valence-electron chi connectivity index (χ2n) is 3.95. The number of aromatic nitrogens is 1. The van der Waals surface area contributed by atoms with E-state index in [1.165, 1.54) is 0 Å². The molecule has 0 aliphatic carbocycles. The normalized spacial score (nSPS) is 10.8. The third-order valence-corrected chi connectivity index (χ3v) is 3.59. The lowest BCUT2D eigenvalue weighted by Gasteiger charge is -2.03. The van der Waals surface area contributed by atoms with E-state index in [4.69, 9.17) is 16.0 Å². The van der Waals surface area contributed by atoms with E-state index in [-0.39, 0.29) is 5.89 Å². The highest BCUT2D eigenvalue weighted by Gasteiger charge is 2.10. The summed E-state index contributed by atoms with van der Waals surface area (Å²) in [6.45, 7) is 0. The highest BCUT2D eigenvalue weighted by molar-refractivity contribution is 9.10. The topological polar surface area (TPSA) is 43.1 Å². The number of benzene rings is 2. The van der Waals surface area contributed by atoms with Crippen molar-refractivity contribution in [3.63, 3.8) is 0 Å². The lowest BCUT2D eigenvalue weighted by atomic mass is 10.2. The van der Waals surface area contributed by atoms with Gasteiger partial charge in [-0.15, -0.1) is 0 Å². The van der Waals surface area contributed by atoms with Gasteiger partial charge in [0, 0.05) is 15.1 Å². The van der Waals surface area contributed by atoms with Crippen molar-refractivity contribution >= 4 is 38.4 Å². The molecule has 1 aromatic heterocycles. The van der Waals surface area contributed by atoms with Crippen LogP contribution in [-0.2, 0) is 0 Å². The van der Waals surface area contributed by atoms with Crippen molar-refractivity contribution in [3.05, 3.63) is 62.4 Å². The van der Waals surface area contributed by atoms with Crippen molar-refractivity contribution in [1.29, 1.82) is 0 Å². The number of hydrogen-bond donors (Lipinski definition) is 0. The van der Waals surface area contributed by atoms with E-state index in [2.05, 4.69) is 20.9 Å². The Kier molecular flexibility index (Phi) is 3.12. The maximum atomic E-state index is 11.9. The molecule has 0 unspecified atom stereocenters. The van der Waals surface area contributed by atoms with E-state index in [1.807, 2.05) is 6.07 Å². The largest absolute Gasteiger partial charge is 0.403 e. The minimum atomic E-state index is -0.406. The average molecular weight is 337 g/mol. The Morgan fingerprint density at radius 3 is 2.58 bits per heavy atom. The highest BCUT2D eigenvalue weighted by Crippen LogP contribution is 2.24. The molecule has 3 rings (SSSR count). The molecule has 0 N–H and O–H groups in total. The van der Waals surface area contributed by atoms with E-state index in [0.29, 0.717) is 21.5 Å². The second kappa shape index (κ2) is 4.79. The van der Waals surface area contributed by atoms with Gasteiger partial charge in [-0.1, -0.05) is 17.7 Å². The van der Waals surface area contributed by atoms with Crippen LogP contribution in [0.15, 0.2) is 56.1 Å². The maximum absolute atomic E-state index is 11.9. The Morgan fingerprint density at radius 2 is 1.84 bits per heavy atom. The molecule has 0 amide bonds. The SMILES string of the molecule is O=c1oc(-c2ccc(Cl)cc2)nc2c(Br)cccc12. The van der Waals surface area contributed by atoms with Gasteiger partial charge in [-0.25, -0.2) is 9.78 Å². The van der Waals surface area contributed by atoms with Crippen LogP contribution in [0.4, 0.5) is 0 Å². The van der Waals surface area contributed by atoms with Crippen LogP contribution in [0, 0.1) is 0 Å². The lowest BCUT2D eigenvalue weighted by Crippen LogP contribution is -2.03. The predicted molar refractivity (Wildman–Crippen MR) is 78.4 cm³/mol. The van der Waals surface area contributed by atoms with Gasteiger partial charge in [-0.2, -0.15) is 0 Å². The zero-order chi connectivity index (χ0) is 13.4. The van der Waals surface area contributed by atoms with Gasteiger partial charge in [0.25, 0.3) is 0 Å². The van der Waals surface area contributed by atoms with Gasteiger partial charge >= 0.3 is 5.63 Å². The predicted octanol–water partition coefficient (Wildman–Crippen LogP) is 4.27. The molecule has 0 aliphatic rings. The Balaban J connectivity index is 2.29. The van der Waals surface area contributed by atoms with E-state index in [9.17, 15) is 4.79 Å². The maximum Gasteiger partial charge on any atom is 0.347 e. The number of hydrogen-bond acceptors (Lipinski definition) is 3. The van der Waals surface area contributed by atoms with E-state index in [0.717, 1.165) is 4.47 Å². The standard InChI is InChI=1S/C14H7BrClNO2/c15-11-3-1-2-10-12(11)17-13(19-14(10)18)8-4-6-9(16)7-5-8/h1-7H. The zero-order valence-electron chi connectivity index (χ0n) is 9.56. The van der Waals surface area contributed by atoms with Crippen molar-refractivity contribution in [2.45, 2.75) is 0 Å². The number of rotatable bonds is 1. The fourth-order valence-corrected chi connectivity index (χ4v) is 2.36. The van der Waals surface area contributed by atoms with Crippen molar-refractivity contribution in [2.24, 2.45) is 0 Å². The van der Waals surface area contributed by atoms with Crippen LogP contribution < -0.4 is 5.63 Å². The summed E-state index contributed by atoms with van der Waals surface area (Å²) in [5.41, 5.74) is 0.888. The molecule has 3 aromatic rings. The highest BCUT2D eigenvalue weighted by atomic mass is 79.9. The summed E-state index contributed by atoms with van der Waals surface area (Å²) in [6, 6.07) is 12.3. The van der Waals surface area contributed by atoms with Crippen molar-refractivity contribution in [3.8, 4) is 11.5 Å². The molecule has 0 radical (unpaired) electrons. The first-order chi connectivity index (χ1) is 9.15. The molecular formula is C14H7BrClNO2. The molecule has 0 saturated carbocycles. The molecule has 2 aromatic carbocycles. The van der Waals surface area contributed by atoms with Crippen LogP contribution in [0.5, 0.6) is 0 Å². The molecule has 0 spiro atoms. The van der Waals surface area contributed by atoms with Gasteiger partial charge in [-0.3, -0.25) is 0 Å². The molecule has 0 atom stereocenters. The molecule has 19 heavy (non-hydrogen) atoms. The van der Waals surface area contributed by atoms with Crippen molar-refractivity contribution < 1.29 is 4.42 Å². The molecule has 0 saturated heterocycles. The van der Waals surface area contributed by atoms with Gasteiger partial charge in [0.2, 0.25) is 5.89 Å². The first-order valence-electron chi connectivity index (χ1n) is 5.50. The quantitative estimate of drug-likeness (QED) is 0.666. The number of nitrogens with zero attached hydrogens (tertiary/aromatic N) is 1. The Morgan fingerprint density at radius 1 is 1.11 bits per heavy atom. The fourth-order valence-electron chi connectivity index (χ4n) is 1.78. The molecular weight excluding hydrogens is 330 g/mol. The molecule has 3 nitrogen and oxygen atoms in total. The van der Waals surface area contributed by atoms with E-state index < -0.39 is 5.63 Å². The molecule has 0 fully saturated rings. The van der Waals surface area contributed by atoms with Gasteiger partial charge in [0.15, 0.2) is 0 Å². The van der Waals surface area contributed by atoms with Crippen LogP contribution in [0.3, 0.4) is 0 Å². The smallest absolute Gasteiger partial charge is 0.347 e. The third-order valence-electron chi connectivity index (χ3n) is 2.70. The van der Waals surface area contributed by atoms with Gasteiger partial charge in [0.1, 0.15) is 0 Å². The minimum absolute atomic E-state index is 0.279. The van der Waals surface area contributed by atoms with Crippen molar-refractivity contribution in [1.82, 2.24) is 4.98 Å². The number of para-hydroxylation sites is 1. The fraction of sp³-hybridized carbons (Fsp3) is 0. The Bertz CT molecular complexity index is 812. The number of halogens is 2. The monoisotopic (exact) mass is 335 g/mol. The number of fused-ring (bicyclic) bond motifs is 1. The molecule has 1 heterocycles. The summed E-state index contributed by atoms with van der Waals surface area (Å²) in [7, 11) is 0. The van der Waals surface area contributed by atoms with Crippen LogP contribution in [-0.4, -0.2) is 4.98 Å². The van der Waals surface area contributed by atoms with Gasteiger partial charge in [0.05, 0.1) is 10.9 Å². The summed E-state index contributed by atoms with van der Waals surface area (Å²) in [5.74, 6) is 0.279. The summed E-state index contributed by atoms with van der Waals surface area (Å²) in [4.78, 5) is 16.3. The molecule has 94 valence electrons. The zero-order valence-corrected chi connectivity index (χ0v) is 11.9. The van der Waals surface area contributed by atoms with Crippen LogP contribution >= 0.6 is 27.5 Å². The third kappa shape index (κ3) is 2.29. The molecule has 0 aliphatic heterocycles. The second-order valence-corrected chi connectivity index (χ2v) is 5.24.